The van der Waals surface area contributed by atoms with Crippen LogP contribution in [-0.4, -0.2) is 55.0 Å². The highest BCUT2D eigenvalue weighted by Gasteiger charge is 2.27. The highest BCUT2D eigenvalue weighted by Crippen LogP contribution is 2.31. The summed E-state index contributed by atoms with van der Waals surface area (Å²) in [7, 11) is 1.28. The summed E-state index contributed by atoms with van der Waals surface area (Å²) < 4.78 is 4.53. The molecule has 5 nitrogen and oxygen atoms in total. The fourth-order valence-corrected chi connectivity index (χ4v) is 3.67. The Morgan fingerprint density at radius 2 is 1.34 bits per heavy atom. The molecule has 7 heteroatoms. The van der Waals surface area contributed by atoms with Crippen LogP contribution in [0.2, 0.25) is 10.0 Å². The average Bonchev–Trinajstić information content (AvgIpc) is 2.75. The van der Waals surface area contributed by atoms with Crippen LogP contribution < -0.4 is 0 Å². The Bertz CT molecular complexity index is 828. The van der Waals surface area contributed by atoms with Gasteiger partial charge in [-0.1, -0.05) is 47.5 Å². The molecule has 0 N–H and O–H groups in total. The molecule has 1 saturated heterocycles. The standard InChI is InChI=1S/C22H22Cl2N2O3/c1-29-21(28)11-10-20(27)25-12-14-26(15-13-25)22(16-2-6-18(23)7-3-16)17-4-8-19(24)9-5-17/h2-11,22H,12-15H2,1H3/b11-10+. The molecule has 0 aromatic heterocycles. The normalized spacial score (nSPS) is 15.1. The molecule has 2 aromatic rings. The van der Waals surface area contributed by atoms with Crippen LogP contribution in [-0.2, 0) is 14.3 Å². The fourth-order valence-electron chi connectivity index (χ4n) is 3.42. The van der Waals surface area contributed by atoms with E-state index < -0.39 is 5.97 Å². The van der Waals surface area contributed by atoms with Crippen molar-refractivity contribution in [3.8, 4) is 0 Å². The number of carbonyl (C=O) groups is 2. The van der Waals surface area contributed by atoms with Gasteiger partial charge >= 0.3 is 5.97 Å². The van der Waals surface area contributed by atoms with E-state index in [9.17, 15) is 9.59 Å². The van der Waals surface area contributed by atoms with Gasteiger partial charge in [0.15, 0.2) is 0 Å². The van der Waals surface area contributed by atoms with E-state index in [1.807, 2.05) is 48.5 Å². The molecule has 1 aliphatic rings. The van der Waals surface area contributed by atoms with Gasteiger partial charge in [0, 0.05) is 48.4 Å². The largest absolute Gasteiger partial charge is 0.466 e. The molecule has 152 valence electrons. The van der Waals surface area contributed by atoms with Crippen molar-refractivity contribution in [1.29, 1.82) is 0 Å². The molecule has 0 aliphatic carbocycles. The van der Waals surface area contributed by atoms with Gasteiger partial charge in [0.25, 0.3) is 0 Å². The average molecular weight is 433 g/mol. The van der Waals surface area contributed by atoms with Crippen LogP contribution in [0.25, 0.3) is 0 Å². The lowest BCUT2D eigenvalue weighted by molar-refractivity contribution is -0.135. The van der Waals surface area contributed by atoms with Gasteiger partial charge in [-0.15, -0.1) is 0 Å². The lowest BCUT2D eigenvalue weighted by Crippen LogP contribution is -2.49. The second kappa shape index (κ2) is 9.92. The molecule has 0 spiro atoms. The van der Waals surface area contributed by atoms with E-state index in [1.54, 1.807) is 4.90 Å². The van der Waals surface area contributed by atoms with Crippen LogP contribution in [0.4, 0.5) is 0 Å². The first kappa shape index (κ1) is 21.4. The molecule has 1 aliphatic heterocycles. The van der Waals surface area contributed by atoms with Crippen LogP contribution >= 0.6 is 23.2 Å². The first-order valence-electron chi connectivity index (χ1n) is 9.28. The van der Waals surface area contributed by atoms with Crippen molar-refractivity contribution in [3.05, 3.63) is 81.9 Å². The summed E-state index contributed by atoms with van der Waals surface area (Å²) in [6.45, 7) is 2.55. The van der Waals surface area contributed by atoms with Gasteiger partial charge < -0.3 is 9.64 Å². The number of carbonyl (C=O) groups excluding carboxylic acids is 2. The molecule has 0 bridgehead atoms. The Kier molecular flexibility index (Phi) is 7.31. The molecule has 0 radical (unpaired) electrons. The lowest BCUT2D eigenvalue weighted by atomic mass is 9.96. The Morgan fingerprint density at radius 1 is 0.862 bits per heavy atom. The zero-order valence-electron chi connectivity index (χ0n) is 16.1. The van der Waals surface area contributed by atoms with Crippen LogP contribution in [0.3, 0.4) is 0 Å². The van der Waals surface area contributed by atoms with Gasteiger partial charge in [-0.25, -0.2) is 4.79 Å². The molecule has 1 amide bonds. The van der Waals surface area contributed by atoms with Crippen molar-refractivity contribution < 1.29 is 14.3 Å². The first-order valence-corrected chi connectivity index (χ1v) is 10.0. The van der Waals surface area contributed by atoms with Crippen molar-refractivity contribution in [1.82, 2.24) is 9.80 Å². The van der Waals surface area contributed by atoms with E-state index >= 15 is 0 Å². The molecule has 3 rings (SSSR count). The maximum absolute atomic E-state index is 12.3. The smallest absolute Gasteiger partial charge is 0.330 e. The predicted octanol–water partition coefficient (Wildman–Crippen LogP) is 3.96. The Balaban J connectivity index is 1.75. The molecule has 1 fully saturated rings. The highest BCUT2D eigenvalue weighted by atomic mass is 35.5. The van der Waals surface area contributed by atoms with E-state index in [0.717, 1.165) is 17.2 Å². The minimum Gasteiger partial charge on any atom is -0.466 e. The number of rotatable bonds is 5. The topological polar surface area (TPSA) is 49.9 Å². The van der Waals surface area contributed by atoms with Gasteiger partial charge in [0.05, 0.1) is 13.2 Å². The summed E-state index contributed by atoms with van der Waals surface area (Å²) in [6.07, 6.45) is 2.41. The second-order valence-electron chi connectivity index (χ2n) is 6.72. The quantitative estimate of drug-likeness (QED) is 0.529. The van der Waals surface area contributed by atoms with Crippen LogP contribution in [0.15, 0.2) is 60.7 Å². The summed E-state index contributed by atoms with van der Waals surface area (Å²) >= 11 is 12.1. The zero-order valence-corrected chi connectivity index (χ0v) is 17.6. The maximum atomic E-state index is 12.3. The number of methoxy groups -OCH3 is 1. The van der Waals surface area contributed by atoms with Gasteiger partial charge in [-0.3, -0.25) is 9.69 Å². The molecule has 0 saturated carbocycles. The SMILES string of the molecule is COC(=O)/C=C/C(=O)N1CCN(C(c2ccc(Cl)cc2)c2ccc(Cl)cc2)CC1. The molecule has 2 aromatic carbocycles. The van der Waals surface area contributed by atoms with Crippen molar-refractivity contribution >= 4 is 35.1 Å². The van der Waals surface area contributed by atoms with E-state index in [-0.39, 0.29) is 11.9 Å². The van der Waals surface area contributed by atoms with Crippen molar-refractivity contribution in [3.63, 3.8) is 0 Å². The van der Waals surface area contributed by atoms with Gasteiger partial charge in [0.2, 0.25) is 5.91 Å². The number of ether oxygens (including phenoxy) is 1. The number of esters is 1. The molecule has 29 heavy (non-hydrogen) atoms. The van der Waals surface area contributed by atoms with E-state index in [0.29, 0.717) is 36.2 Å². The predicted molar refractivity (Wildman–Crippen MR) is 114 cm³/mol. The number of nitrogens with zero attached hydrogens (tertiary/aromatic N) is 2. The number of halogens is 2. The Hall–Kier alpha value is -2.34. The van der Waals surface area contributed by atoms with Crippen LogP contribution in [0.1, 0.15) is 17.2 Å². The van der Waals surface area contributed by atoms with E-state index in [2.05, 4.69) is 9.64 Å². The third-order valence-corrected chi connectivity index (χ3v) is 5.43. The first-order chi connectivity index (χ1) is 14.0. The summed E-state index contributed by atoms with van der Waals surface area (Å²) in [6, 6.07) is 15.7. The van der Waals surface area contributed by atoms with Gasteiger partial charge in [-0.2, -0.15) is 0 Å². The van der Waals surface area contributed by atoms with Crippen LogP contribution in [0.5, 0.6) is 0 Å². The number of amides is 1. The monoisotopic (exact) mass is 432 g/mol. The summed E-state index contributed by atoms with van der Waals surface area (Å²) in [5, 5.41) is 1.38. The number of hydrogen-bond donors (Lipinski definition) is 0. The minimum absolute atomic E-state index is 0.0346. The molecular formula is C22H22Cl2N2O3. The third kappa shape index (κ3) is 5.60. The second-order valence-corrected chi connectivity index (χ2v) is 7.60. The summed E-state index contributed by atoms with van der Waals surface area (Å²) in [5.41, 5.74) is 2.25. The molecule has 0 unspecified atom stereocenters. The number of benzene rings is 2. The van der Waals surface area contributed by atoms with Gasteiger partial charge in [-0.05, 0) is 35.4 Å². The Morgan fingerprint density at radius 3 is 1.79 bits per heavy atom. The molecule has 0 atom stereocenters. The van der Waals surface area contributed by atoms with Gasteiger partial charge in [0.1, 0.15) is 0 Å². The maximum Gasteiger partial charge on any atom is 0.330 e. The third-order valence-electron chi connectivity index (χ3n) is 4.93. The summed E-state index contributed by atoms with van der Waals surface area (Å²) in [5.74, 6) is -0.730. The lowest BCUT2D eigenvalue weighted by Gasteiger charge is -2.39. The van der Waals surface area contributed by atoms with E-state index in [1.165, 1.54) is 13.2 Å². The number of piperazine rings is 1. The zero-order chi connectivity index (χ0) is 20.8. The molecular weight excluding hydrogens is 411 g/mol. The highest BCUT2D eigenvalue weighted by molar-refractivity contribution is 6.30. The number of hydrogen-bond acceptors (Lipinski definition) is 4. The molecule has 1 heterocycles. The summed E-state index contributed by atoms with van der Waals surface area (Å²) in [4.78, 5) is 27.6. The van der Waals surface area contributed by atoms with E-state index in [4.69, 9.17) is 23.2 Å². The van der Waals surface area contributed by atoms with Crippen molar-refractivity contribution in [2.45, 2.75) is 6.04 Å². The minimum atomic E-state index is -0.539. The fraction of sp³-hybridized carbons (Fsp3) is 0.273. The van der Waals surface area contributed by atoms with Crippen molar-refractivity contribution in [2.24, 2.45) is 0 Å². The van der Waals surface area contributed by atoms with Crippen molar-refractivity contribution in [2.75, 3.05) is 33.3 Å². The van der Waals surface area contributed by atoms with Crippen LogP contribution in [0, 0.1) is 0 Å². The Labute approximate surface area is 180 Å².